The van der Waals surface area contributed by atoms with Crippen LogP contribution in [0.5, 0.6) is 0 Å². The Morgan fingerprint density at radius 3 is 2.65 bits per heavy atom. The van der Waals surface area contributed by atoms with Gasteiger partial charge in [0.05, 0.1) is 0 Å². The van der Waals surface area contributed by atoms with Crippen molar-refractivity contribution in [3.63, 3.8) is 0 Å². The molecule has 1 heteroatoms. The monoisotopic (exact) mass is 227 g/mol. The van der Waals surface area contributed by atoms with E-state index in [2.05, 4.69) is 43.3 Å². The molecule has 1 fully saturated rings. The molecule has 1 nitrogen and oxygen atoms in total. The zero-order valence-electron chi connectivity index (χ0n) is 11.0. The fourth-order valence-corrected chi connectivity index (χ4v) is 3.02. The van der Waals surface area contributed by atoms with Crippen LogP contribution in [0.25, 0.3) is 6.08 Å². The minimum Gasteiger partial charge on any atom is -0.309 e. The molecule has 0 aromatic heterocycles. The number of nitrogens with one attached hydrogen (secondary N) is 1. The maximum atomic E-state index is 8.08. The first-order chi connectivity index (χ1) is 8.08. The predicted octanol–water partition coefficient (Wildman–Crippen LogP) is 4.43. The second kappa shape index (κ2) is 4.48. The summed E-state index contributed by atoms with van der Waals surface area (Å²) < 4.78 is 0. The molecule has 1 N–H and O–H groups in total. The molecule has 0 radical (unpaired) electrons. The average Bonchev–Trinajstić information content (AvgIpc) is 2.25. The molecule has 90 valence electrons. The average molecular weight is 227 g/mol. The van der Waals surface area contributed by atoms with Crippen molar-refractivity contribution >= 4 is 11.8 Å². The highest BCUT2D eigenvalue weighted by Crippen LogP contribution is 2.48. The van der Waals surface area contributed by atoms with Crippen LogP contribution in [-0.4, -0.2) is 5.71 Å². The molecule has 1 aromatic rings. The molecule has 1 aliphatic carbocycles. The van der Waals surface area contributed by atoms with Gasteiger partial charge in [0.25, 0.3) is 0 Å². The maximum Gasteiger partial charge on any atom is 0.0331 e. The van der Waals surface area contributed by atoms with E-state index < -0.39 is 0 Å². The summed E-state index contributed by atoms with van der Waals surface area (Å²) in [4.78, 5) is 0. The molecule has 1 saturated carbocycles. The first-order valence-electron chi connectivity index (χ1n) is 6.37. The van der Waals surface area contributed by atoms with Gasteiger partial charge in [0.2, 0.25) is 0 Å². The van der Waals surface area contributed by atoms with Gasteiger partial charge in [-0.05, 0) is 43.7 Å². The lowest BCUT2D eigenvalue weighted by molar-refractivity contribution is 0.228. The van der Waals surface area contributed by atoms with Crippen LogP contribution in [0.1, 0.15) is 44.7 Å². The summed E-state index contributed by atoms with van der Waals surface area (Å²) in [5.41, 5.74) is 3.40. The van der Waals surface area contributed by atoms with Crippen LogP contribution in [0.2, 0.25) is 0 Å². The van der Waals surface area contributed by atoms with E-state index in [0.29, 0.717) is 0 Å². The summed E-state index contributed by atoms with van der Waals surface area (Å²) in [5.74, 6) is 0.751. The highest BCUT2D eigenvalue weighted by Gasteiger charge is 2.45. The molecule has 0 aliphatic heterocycles. The van der Waals surface area contributed by atoms with Crippen LogP contribution in [0.3, 0.4) is 0 Å². The molecule has 0 heterocycles. The molecule has 17 heavy (non-hydrogen) atoms. The number of hydrogen-bond acceptors (Lipinski definition) is 1. The van der Waals surface area contributed by atoms with Gasteiger partial charge in [-0.25, -0.2) is 0 Å². The molecule has 1 aromatic carbocycles. The molecule has 0 atom stereocenters. The Balaban J connectivity index is 2.38. The van der Waals surface area contributed by atoms with Crippen LogP contribution < -0.4 is 0 Å². The van der Waals surface area contributed by atoms with Gasteiger partial charge in [0, 0.05) is 11.1 Å². The third kappa shape index (κ3) is 2.06. The normalized spacial score (nSPS) is 28.1. The standard InChI is InChI=1S/C16H21N/c1-4-6-14-7-5-8-15(9-14)16(13(3)17)10-12(2)11-16/h4-9,12,17H,10-11H2,1-3H3/b6-4+,17-13?/t12-,16-. The highest BCUT2D eigenvalue weighted by molar-refractivity contribution is 5.91. The van der Waals surface area contributed by atoms with Crippen LogP contribution >= 0.6 is 0 Å². The Kier molecular flexibility index (Phi) is 3.19. The summed E-state index contributed by atoms with van der Waals surface area (Å²) in [6.45, 7) is 6.26. The SMILES string of the molecule is C/C=C/c1cccc([C@]2(C(C)=N)C[C@@H](C)C2)c1. The van der Waals surface area contributed by atoms with Crippen molar-refractivity contribution in [2.75, 3.05) is 0 Å². The van der Waals surface area contributed by atoms with Crippen molar-refractivity contribution in [2.45, 2.75) is 39.0 Å². The van der Waals surface area contributed by atoms with Gasteiger partial charge in [-0.2, -0.15) is 0 Å². The summed E-state index contributed by atoms with van der Waals surface area (Å²) in [6, 6.07) is 8.65. The van der Waals surface area contributed by atoms with Gasteiger partial charge >= 0.3 is 0 Å². The first-order valence-corrected chi connectivity index (χ1v) is 6.37. The Bertz CT molecular complexity index is 450. The molecule has 0 amide bonds. The number of allylic oxidation sites excluding steroid dienone is 1. The summed E-state index contributed by atoms with van der Waals surface area (Å²) in [6.07, 6.45) is 6.44. The molecular formula is C16H21N. The molecule has 2 rings (SSSR count). The molecule has 0 saturated heterocycles. The molecule has 0 unspecified atom stereocenters. The smallest absolute Gasteiger partial charge is 0.0331 e. The lowest BCUT2D eigenvalue weighted by atomic mass is 9.57. The Morgan fingerprint density at radius 2 is 2.12 bits per heavy atom. The van der Waals surface area contributed by atoms with E-state index in [1.165, 1.54) is 11.1 Å². The van der Waals surface area contributed by atoms with Crippen molar-refractivity contribution in [1.82, 2.24) is 0 Å². The van der Waals surface area contributed by atoms with E-state index >= 15 is 0 Å². The molecule has 0 spiro atoms. The topological polar surface area (TPSA) is 23.9 Å². The zero-order chi connectivity index (χ0) is 12.5. The summed E-state index contributed by atoms with van der Waals surface area (Å²) >= 11 is 0. The van der Waals surface area contributed by atoms with Gasteiger partial charge in [0.15, 0.2) is 0 Å². The van der Waals surface area contributed by atoms with Gasteiger partial charge < -0.3 is 5.41 Å². The van der Waals surface area contributed by atoms with Crippen LogP contribution in [0.4, 0.5) is 0 Å². The van der Waals surface area contributed by atoms with Crippen molar-refractivity contribution in [1.29, 1.82) is 5.41 Å². The number of benzene rings is 1. The Hall–Kier alpha value is -1.37. The van der Waals surface area contributed by atoms with Gasteiger partial charge in [-0.1, -0.05) is 43.3 Å². The summed E-state index contributed by atoms with van der Waals surface area (Å²) in [5, 5.41) is 8.08. The van der Waals surface area contributed by atoms with Crippen LogP contribution in [0, 0.1) is 11.3 Å². The number of rotatable bonds is 3. The minimum atomic E-state index is 0.0248. The van der Waals surface area contributed by atoms with Crippen LogP contribution in [0.15, 0.2) is 30.3 Å². The maximum absolute atomic E-state index is 8.08. The van der Waals surface area contributed by atoms with Crippen molar-refractivity contribution in [3.05, 3.63) is 41.5 Å². The second-order valence-corrected chi connectivity index (χ2v) is 5.35. The van der Waals surface area contributed by atoms with E-state index in [1.807, 2.05) is 13.8 Å². The highest BCUT2D eigenvalue weighted by atomic mass is 14.6. The van der Waals surface area contributed by atoms with Crippen molar-refractivity contribution < 1.29 is 0 Å². The van der Waals surface area contributed by atoms with Crippen molar-refractivity contribution in [3.8, 4) is 0 Å². The Morgan fingerprint density at radius 1 is 1.41 bits per heavy atom. The van der Waals surface area contributed by atoms with Gasteiger partial charge in [-0.3, -0.25) is 0 Å². The first kappa shape index (κ1) is 12.1. The van der Waals surface area contributed by atoms with Crippen LogP contribution in [-0.2, 0) is 5.41 Å². The molecular weight excluding hydrogens is 206 g/mol. The van der Waals surface area contributed by atoms with Gasteiger partial charge in [0.1, 0.15) is 0 Å². The summed E-state index contributed by atoms with van der Waals surface area (Å²) in [7, 11) is 0. The third-order valence-electron chi connectivity index (χ3n) is 3.91. The second-order valence-electron chi connectivity index (χ2n) is 5.35. The lowest BCUT2D eigenvalue weighted by Crippen LogP contribution is -2.45. The van der Waals surface area contributed by atoms with E-state index in [0.717, 1.165) is 24.5 Å². The van der Waals surface area contributed by atoms with E-state index in [-0.39, 0.29) is 5.41 Å². The lowest BCUT2D eigenvalue weighted by Gasteiger charge is -2.47. The van der Waals surface area contributed by atoms with E-state index in [9.17, 15) is 0 Å². The minimum absolute atomic E-state index is 0.0248. The Labute approximate surface area is 104 Å². The van der Waals surface area contributed by atoms with E-state index in [1.54, 1.807) is 0 Å². The third-order valence-corrected chi connectivity index (χ3v) is 3.91. The van der Waals surface area contributed by atoms with E-state index in [4.69, 9.17) is 5.41 Å². The predicted molar refractivity (Wildman–Crippen MR) is 74.6 cm³/mol. The fourth-order valence-electron chi connectivity index (χ4n) is 3.02. The largest absolute Gasteiger partial charge is 0.309 e. The number of hydrogen-bond donors (Lipinski definition) is 1. The zero-order valence-corrected chi connectivity index (χ0v) is 11.0. The molecule has 1 aliphatic rings. The fraction of sp³-hybridized carbons (Fsp3) is 0.438. The van der Waals surface area contributed by atoms with Gasteiger partial charge in [-0.15, -0.1) is 0 Å². The molecule has 0 bridgehead atoms. The van der Waals surface area contributed by atoms with Crippen molar-refractivity contribution in [2.24, 2.45) is 5.92 Å². The quantitative estimate of drug-likeness (QED) is 0.739.